The van der Waals surface area contributed by atoms with Gasteiger partial charge >= 0.3 is 0 Å². The van der Waals surface area contributed by atoms with Crippen LogP contribution in [0, 0.1) is 34.5 Å². The third-order valence-electron chi connectivity index (χ3n) is 9.05. The molecule has 0 aromatic carbocycles. The van der Waals surface area contributed by atoms with Crippen molar-refractivity contribution >= 4 is 5.78 Å². The van der Waals surface area contributed by atoms with Crippen molar-refractivity contribution < 1.29 is 19.4 Å². The third kappa shape index (κ3) is 2.62. The molecule has 1 N–H and O–H groups in total. The smallest absolute Gasteiger partial charge is 0.139 e. The summed E-state index contributed by atoms with van der Waals surface area (Å²) in [6, 6.07) is 0. The Morgan fingerprint density at radius 3 is 2.50 bits per heavy atom. The number of hydrogen-bond donors (Lipinski definition) is 1. The van der Waals surface area contributed by atoms with Crippen LogP contribution in [0.5, 0.6) is 0 Å². The van der Waals surface area contributed by atoms with E-state index in [0.717, 1.165) is 58.0 Å². The second-order valence-electron chi connectivity index (χ2n) is 10.1. The lowest BCUT2D eigenvalue weighted by molar-refractivity contribution is -0.184. The van der Waals surface area contributed by atoms with Crippen molar-refractivity contribution in [1.82, 2.24) is 0 Å². The van der Waals surface area contributed by atoms with Crippen LogP contribution >= 0.6 is 0 Å². The number of carbonyl (C=O) groups excluding carboxylic acids is 1. The highest BCUT2D eigenvalue weighted by atomic mass is 16.5. The minimum absolute atomic E-state index is 0.0618. The molecule has 4 saturated carbocycles. The lowest BCUT2D eigenvalue weighted by Crippen LogP contribution is -2.59. The van der Waals surface area contributed by atoms with Crippen molar-refractivity contribution in [2.75, 3.05) is 27.4 Å². The number of methoxy groups -OCH3 is 2. The fourth-order valence-electron chi connectivity index (χ4n) is 7.85. The van der Waals surface area contributed by atoms with Crippen LogP contribution in [0.2, 0.25) is 0 Å². The second kappa shape index (κ2) is 6.56. The van der Waals surface area contributed by atoms with Crippen molar-refractivity contribution in [2.45, 2.75) is 70.3 Å². The number of aliphatic hydroxyl groups is 1. The van der Waals surface area contributed by atoms with Crippen LogP contribution in [0.4, 0.5) is 0 Å². The molecule has 7 atom stereocenters. The van der Waals surface area contributed by atoms with E-state index < -0.39 is 5.60 Å². The summed E-state index contributed by atoms with van der Waals surface area (Å²) in [5.74, 6) is 2.92. The van der Waals surface area contributed by atoms with Crippen LogP contribution in [-0.2, 0) is 14.3 Å². The minimum Gasteiger partial charge on any atom is -0.387 e. The summed E-state index contributed by atoms with van der Waals surface area (Å²) < 4.78 is 11.1. The number of ketones is 1. The Morgan fingerprint density at radius 2 is 1.77 bits per heavy atom. The fourth-order valence-corrected chi connectivity index (χ4v) is 7.85. The van der Waals surface area contributed by atoms with Crippen LogP contribution < -0.4 is 0 Å². The Labute approximate surface area is 158 Å². The highest BCUT2D eigenvalue weighted by Crippen LogP contribution is 2.66. The van der Waals surface area contributed by atoms with E-state index in [1.807, 2.05) is 7.11 Å². The molecule has 0 spiro atoms. The topological polar surface area (TPSA) is 55.8 Å². The summed E-state index contributed by atoms with van der Waals surface area (Å²) >= 11 is 0. The summed E-state index contributed by atoms with van der Waals surface area (Å²) in [6.45, 7) is 3.49. The average Bonchev–Trinajstić information content (AvgIpc) is 2.91. The third-order valence-corrected chi connectivity index (χ3v) is 9.05. The van der Waals surface area contributed by atoms with Gasteiger partial charge in [0.05, 0.1) is 18.8 Å². The molecule has 0 radical (unpaired) electrons. The number of hydrogen-bond acceptors (Lipinski definition) is 4. The Hall–Kier alpha value is -0.450. The first-order valence-electron chi connectivity index (χ1n) is 10.6. The average molecular weight is 365 g/mol. The van der Waals surface area contributed by atoms with E-state index in [1.54, 1.807) is 7.11 Å². The number of carbonyl (C=O) groups is 1. The summed E-state index contributed by atoms with van der Waals surface area (Å²) in [6.07, 6.45) is 9.17. The van der Waals surface area contributed by atoms with E-state index in [0.29, 0.717) is 36.1 Å². The van der Waals surface area contributed by atoms with Crippen molar-refractivity contribution in [1.29, 1.82) is 0 Å². The quantitative estimate of drug-likeness (QED) is 0.828. The van der Waals surface area contributed by atoms with Crippen LogP contribution in [0.25, 0.3) is 0 Å². The van der Waals surface area contributed by atoms with E-state index in [2.05, 4.69) is 6.92 Å². The summed E-state index contributed by atoms with van der Waals surface area (Å²) in [7, 11) is 3.52. The molecule has 4 aliphatic carbocycles. The van der Waals surface area contributed by atoms with Gasteiger partial charge in [-0.05, 0) is 80.5 Å². The predicted molar refractivity (Wildman–Crippen MR) is 99.8 cm³/mol. The Kier molecular flexibility index (Phi) is 4.77. The maximum Gasteiger partial charge on any atom is 0.139 e. The summed E-state index contributed by atoms with van der Waals surface area (Å²) in [5, 5.41) is 11.0. The number of fused-ring (bicyclic) bond motifs is 5. The van der Waals surface area contributed by atoms with Gasteiger partial charge < -0.3 is 14.6 Å². The molecule has 0 unspecified atom stereocenters. The maximum absolute atomic E-state index is 12.6. The fraction of sp³-hybridized carbons (Fsp3) is 0.955. The lowest BCUT2D eigenvalue weighted by Gasteiger charge is -2.62. The van der Waals surface area contributed by atoms with Gasteiger partial charge in [-0.15, -0.1) is 0 Å². The first-order valence-corrected chi connectivity index (χ1v) is 10.6. The summed E-state index contributed by atoms with van der Waals surface area (Å²) in [5.41, 5.74) is -0.547. The van der Waals surface area contributed by atoms with Gasteiger partial charge in [0.15, 0.2) is 0 Å². The second-order valence-corrected chi connectivity index (χ2v) is 10.1. The first-order chi connectivity index (χ1) is 12.4. The predicted octanol–water partition coefficient (Wildman–Crippen LogP) is 3.60. The molecular formula is C22H36O4. The molecule has 148 valence electrons. The van der Waals surface area contributed by atoms with Crippen molar-refractivity contribution in [2.24, 2.45) is 34.5 Å². The Bertz CT molecular complexity index is 562. The van der Waals surface area contributed by atoms with E-state index in [-0.39, 0.29) is 10.8 Å². The van der Waals surface area contributed by atoms with E-state index in [1.165, 1.54) is 6.42 Å². The SMILES string of the molecule is COC[C@@]1(O)CC[C@@]2(COC)[C@H](CC[C@@H]3[C@@H]2CC[C@]2(C)C(=O)CC[C@@H]32)C1. The molecule has 26 heavy (non-hydrogen) atoms. The summed E-state index contributed by atoms with van der Waals surface area (Å²) in [4.78, 5) is 12.6. The monoisotopic (exact) mass is 364 g/mol. The van der Waals surface area contributed by atoms with Crippen LogP contribution in [0.1, 0.15) is 64.7 Å². The molecule has 4 fully saturated rings. The molecule has 0 aromatic rings. The molecule has 0 aromatic heterocycles. The lowest BCUT2D eigenvalue weighted by atomic mass is 9.44. The maximum atomic E-state index is 12.6. The van der Waals surface area contributed by atoms with Gasteiger partial charge in [-0.25, -0.2) is 0 Å². The number of rotatable bonds is 4. The van der Waals surface area contributed by atoms with Gasteiger partial charge in [0, 0.05) is 26.1 Å². The highest BCUT2D eigenvalue weighted by Gasteiger charge is 2.62. The standard InChI is InChI=1S/C22H36O4/c1-20-9-8-18-16(17(20)6-7-19(20)23)5-4-15-12-21(24,13-25-2)10-11-22(15,18)14-26-3/h15-18,24H,4-14H2,1-3H3/t15-,16+,17+,18+,20+,21-,22-/m1/s1. The molecule has 4 rings (SSSR count). The van der Waals surface area contributed by atoms with Gasteiger partial charge in [0.1, 0.15) is 5.78 Å². The van der Waals surface area contributed by atoms with Crippen molar-refractivity contribution in [3.63, 3.8) is 0 Å². The van der Waals surface area contributed by atoms with Crippen molar-refractivity contribution in [3.05, 3.63) is 0 Å². The molecule has 0 amide bonds. The van der Waals surface area contributed by atoms with Crippen LogP contribution in [-0.4, -0.2) is 43.9 Å². The van der Waals surface area contributed by atoms with E-state index in [4.69, 9.17) is 9.47 Å². The minimum atomic E-state index is -0.671. The van der Waals surface area contributed by atoms with Crippen LogP contribution in [0.3, 0.4) is 0 Å². The van der Waals surface area contributed by atoms with Gasteiger partial charge in [0.25, 0.3) is 0 Å². The Morgan fingerprint density at radius 1 is 1.00 bits per heavy atom. The molecule has 0 aliphatic heterocycles. The van der Waals surface area contributed by atoms with Gasteiger partial charge in [0.2, 0.25) is 0 Å². The number of ether oxygens (including phenoxy) is 2. The van der Waals surface area contributed by atoms with Gasteiger partial charge in [-0.1, -0.05) is 6.92 Å². The van der Waals surface area contributed by atoms with Gasteiger partial charge in [-0.2, -0.15) is 0 Å². The van der Waals surface area contributed by atoms with Crippen LogP contribution in [0.15, 0.2) is 0 Å². The molecule has 4 nitrogen and oxygen atoms in total. The molecule has 0 saturated heterocycles. The number of Topliss-reactive ketones (excluding diaryl/α,β-unsaturated/α-hetero) is 1. The zero-order valence-corrected chi connectivity index (χ0v) is 16.8. The first kappa shape index (κ1) is 18.9. The molecule has 0 heterocycles. The van der Waals surface area contributed by atoms with E-state index >= 15 is 0 Å². The molecule has 0 bridgehead atoms. The van der Waals surface area contributed by atoms with Crippen molar-refractivity contribution in [3.8, 4) is 0 Å². The van der Waals surface area contributed by atoms with E-state index in [9.17, 15) is 9.90 Å². The Balaban J connectivity index is 1.63. The normalized spacial score (nSPS) is 50.8. The zero-order chi connectivity index (χ0) is 18.6. The molecular weight excluding hydrogens is 328 g/mol. The molecule has 4 heteroatoms. The zero-order valence-electron chi connectivity index (χ0n) is 16.8. The highest BCUT2D eigenvalue weighted by molar-refractivity contribution is 5.87. The largest absolute Gasteiger partial charge is 0.387 e. The van der Waals surface area contributed by atoms with Gasteiger partial charge in [-0.3, -0.25) is 4.79 Å². The molecule has 4 aliphatic rings.